The van der Waals surface area contributed by atoms with Gasteiger partial charge >= 0.3 is 0 Å². The Kier molecular flexibility index (Phi) is 8.24. The SMILES string of the molecule is COc1cc(/C=N/NC(=O)c2cncc(-c3ccc(C(=O)NC[SH](=O)=O)cc3)n2)cc(OC)c1. The maximum atomic E-state index is 12.5. The molecule has 0 saturated carbocycles. The highest BCUT2D eigenvalue weighted by Gasteiger charge is 2.11. The number of hydrogen-bond acceptors (Lipinski definition) is 9. The molecule has 0 atom stereocenters. The summed E-state index contributed by atoms with van der Waals surface area (Å²) in [7, 11) is 0.356. The van der Waals surface area contributed by atoms with Crippen LogP contribution >= 0.6 is 0 Å². The summed E-state index contributed by atoms with van der Waals surface area (Å²) in [5.41, 5.74) is 4.39. The molecular weight excluding hydrogens is 462 g/mol. The second-order valence-corrected chi connectivity index (χ2v) is 7.69. The van der Waals surface area contributed by atoms with Gasteiger partial charge in [0.1, 0.15) is 23.1 Å². The monoisotopic (exact) mass is 483 g/mol. The quantitative estimate of drug-likeness (QED) is 0.234. The Bertz CT molecular complexity index is 1260. The number of nitrogens with zero attached hydrogens (tertiary/aromatic N) is 3. The Hall–Kier alpha value is -4.32. The topological polar surface area (TPSA) is 149 Å². The summed E-state index contributed by atoms with van der Waals surface area (Å²) in [6.07, 6.45) is 4.21. The van der Waals surface area contributed by atoms with Gasteiger partial charge in [-0.2, -0.15) is 5.10 Å². The van der Waals surface area contributed by atoms with Crippen LogP contribution in [0.5, 0.6) is 11.5 Å². The van der Waals surface area contributed by atoms with E-state index in [0.29, 0.717) is 28.3 Å². The largest absolute Gasteiger partial charge is 0.497 e. The van der Waals surface area contributed by atoms with Crippen molar-refractivity contribution in [1.82, 2.24) is 20.7 Å². The lowest BCUT2D eigenvalue weighted by Crippen LogP contribution is -2.24. The number of methoxy groups -OCH3 is 2. The van der Waals surface area contributed by atoms with E-state index in [1.54, 1.807) is 30.3 Å². The fourth-order valence-electron chi connectivity index (χ4n) is 2.77. The van der Waals surface area contributed by atoms with Crippen LogP contribution < -0.4 is 20.2 Å². The fourth-order valence-corrected chi connectivity index (χ4v) is 3.04. The average Bonchev–Trinajstić information content (AvgIpc) is 2.87. The van der Waals surface area contributed by atoms with Crippen molar-refractivity contribution in [1.29, 1.82) is 0 Å². The van der Waals surface area contributed by atoms with Crippen molar-refractivity contribution in [2.24, 2.45) is 5.10 Å². The molecule has 34 heavy (non-hydrogen) atoms. The van der Waals surface area contributed by atoms with Gasteiger partial charge in [0.15, 0.2) is 10.7 Å². The van der Waals surface area contributed by atoms with E-state index in [4.69, 9.17) is 9.47 Å². The van der Waals surface area contributed by atoms with Gasteiger partial charge in [-0.05, 0) is 24.3 Å². The van der Waals surface area contributed by atoms with Gasteiger partial charge in [0.05, 0.1) is 38.5 Å². The molecule has 176 valence electrons. The fraction of sp³-hybridized carbons (Fsp3) is 0.136. The first-order valence-electron chi connectivity index (χ1n) is 9.78. The van der Waals surface area contributed by atoms with Gasteiger partial charge in [-0.15, -0.1) is 0 Å². The van der Waals surface area contributed by atoms with Gasteiger partial charge in [-0.3, -0.25) is 14.6 Å². The molecule has 0 spiro atoms. The van der Waals surface area contributed by atoms with Crippen molar-refractivity contribution in [3.63, 3.8) is 0 Å². The van der Waals surface area contributed by atoms with Gasteiger partial charge in [0.2, 0.25) is 0 Å². The molecular formula is C22H21N5O6S. The molecule has 3 rings (SSSR count). The van der Waals surface area contributed by atoms with Crippen molar-refractivity contribution in [3.8, 4) is 22.8 Å². The van der Waals surface area contributed by atoms with Gasteiger partial charge in [0, 0.05) is 22.8 Å². The standard InChI is InChI=1S/C22H21N5O6S/c1-32-17-7-14(8-18(9-17)33-2)10-25-27-22(29)20-12-23-11-19(26-20)15-3-5-16(6-4-15)21(28)24-13-34(30)31/h3-12,34H,13H2,1-2H3,(H,24,28)(H,27,29)/b25-10+. The number of ether oxygens (including phenoxy) is 2. The number of aromatic nitrogens is 2. The van der Waals surface area contributed by atoms with Crippen LogP contribution in [-0.2, 0) is 10.7 Å². The summed E-state index contributed by atoms with van der Waals surface area (Å²) in [5.74, 6) is -0.364. The second-order valence-electron chi connectivity index (χ2n) is 6.71. The van der Waals surface area contributed by atoms with Crippen LogP contribution in [0.1, 0.15) is 26.4 Å². The van der Waals surface area contributed by atoms with E-state index in [1.165, 1.54) is 45.0 Å². The predicted octanol–water partition coefficient (Wildman–Crippen LogP) is 1.22. The minimum absolute atomic E-state index is 0.0407. The van der Waals surface area contributed by atoms with E-state index in [1.807, 2.05) is 0 Å². The van der Waals surface area contributed by atoms with E-state index in [2.05, 4.69) is 25.8 Å². The molecule has 0 aliphatic heterocycles. The molecule has 2 aromatic carbocycles. The Morgan fingerprint density at radius 2 is 1.68 bits per heavy atom. The van der Waals surface area contributed by atoms with Crippen LogP contribution in [0.15, 0.2) is 60.0 Å². The first-order chi connectivity index (χ1) is 16.4. The van der Waals surface area contributed by atoms with Crippen molar-refractivity contribution in [2.75, 3.05) is 20.1 Å². The first kappa shape index (κ1) is 24.3. The van der Waals surface area contributed by atoms with E-state index in [0.717, 1.165) is 0 Å². The normalized spacial score (nSPS) is 10.8. The maximum Gasteiger partial charge on any atom is 0.291 e. The lowest BCUT2D eigenvalue weighted by atomic mass is 10.1. The van der Waals surface area contributed by atoms with Gasteiger partial charge in [0.25, 0.3) is 11.8 Å². The Morgan fingerprint density at radius 1 is 1.00 bits per heavy atom. The number of rotatable bonds is 9. The molecule has 0 aliphatic rings. The van der Waals surface area contributed by atoms with Gasteiger partial charge < -0.3 is 14.8 Å². The molecule has 12 heteroatoms. The van der Waals surface area contributed by atoms with Crippen LogP contribution in [0.25, 0.3) is 11.3 Å². The highest BCUT2D eigenvalue weighted by atomic mass is 32.2. The van der Waals surface area contributed by atoms with Crippen LogP contribution in [0.4, 0.5) is 0 Å². The summed E-state index contributed by atoms with van der Waals surface area (Å²) in [4.78, 5) is 32.7. The summed E-state index contributed by atoms with van der Waals surface area (Å²) < 4.78 is 31.6. The number of benzene rings is 2. The highest BCUT2D eigenvalue weighted by molar-refractivity contribution is 7.72. The smallest absolute Gasteiger partial charge is 0.291 e. The van der Waals surface area contributed by atoms with Crippen LogP contribution in [0.3, 0.4) is 0 Å². The number of carbonyl (C=O) groups is 2. The van der Waals surface area contributed by atoms with Crippen LogP contribution in [0, 0.1) is 0 Å². The van der Waals surface area contributed by atoms with E-state index in [9.17, 15) is 18.0 Å². The van der Waals surface area contributed by atoms with Crippen LogP contribution in [0.2, 0.25) is 0 Å². The molecule has 0 aliphatic carbocycles. The zero-order valence-corrected chi connectivity index (χ0v) is 19.1. The summed E-state index contributed by atoms with van der Waals surface area (Å²) in [6, 6.07) is 11.4. The lowest BCUT2D eigenvalue weighted by Gasteiger charge is -2.06. The zero-order chi connectivity index (χ0) is 24.5. The van der Waals surface area contributed by atoms with Gasteiger partial charge in [-0.1, -0.05) is 12.1 Å². The predicted molar refractivity (Wildman–Crippen MR) is 125 cm³/mol. The summed E-state index contributed by atoms with van der Waals surface area (Å²) in [6.45, 7) is 0. The van der Waals surface area contributed by atoms with E-state index in [-0.39, 0.29) is 11.3 Å². The third-order valence-corrected chi connectivity index (χ3v) is 4.85. The van der Waals surface area contributed by atoms with Crippen LogP contribution in [-0.4, -0.2) is 56.5 Å². The zero-order valence-electron chi connectivity index (χ0n) is 18.2. The van der Waals surface area contributed by atoms with E-state index < -0.39 is 28.4 Å². The minimum Gasteiger partial charge on any atom is -0.497 e. The molecule has 2 amide bonds. The second kappa shape index (κ2) is 11.5. The number of nitrogens with one attached hydrogen (secondary N) is 2. The maximum absolute atomic E-state index is 12.5. The number of amides is 2. The molecule has 1 heterocycles. The summed E-state index contributed by atoms with van der Waals surface area (Å²) >= 11 is 0. The number of hydrogen-bond donors (Lipinski definition) is 3. The van der Waals surface area contributed by atoms with E-state index >= 15 is 0 Å². The lowest BCUT2D eigenvalue weighted by molar-refractivity contribution is 0.0945. The highest BCUT2D eigenvalue weighted by Crippen LogP contribution is 2.21. The summed E-state index contributed by atoms with van der Waals surface area (Å²) in [5, 5.41) is 6.22. The molecule has 1 aromatic heterocycles. The molecule has 11 nitrogen and oxygen atoms in total. The number of thiol groups is 1. The number of hydrazone groups is 1. The van der Waals surface area contributed by atoms with Crippen molar-refractivity contribution < 1.29 is 27.5 Å². The number of carbonyl (C=O) groups excluding carboxylic acids is 2. The van der Waals surface area contributed by atoms with Crippen molar-refractivity contribution in [2.45, 2.75) is 0 Å². The molecule has 0 unspecified atom stereocenters. The molecule has 0 bridgehead atoms. The third kappa shape index (κ3) is 6.59. The molecule has 0 saturated heterocycles. The first-order valence-corrected chi connectivity index (χ1v) is 11.1. The van der Waals surface area contributed by atoms with Crippen molar-refractivity contribution in [3.05, 3.63) is 71.7 Å². The molecule has 0 radical (unpaired) electrons. The average molecular weight is 484 g/mol. The Balaban J connectivity index is 1.68. The molecule has 2 N–H and O–H groups in total. The third-order valence-electron chi connectivity index (χ3n) is 4.43. The van der Waals surface area contributed by atoms with Crippen molar-refractivity contribution >= 4 is 28.7 Å². The Morgan fingerprint density at radius 3 is 2.29 bits per heavy atom. The Labute approximate surface area is 196 Å². The minimum atomic E-state index is -2.71. The molecule has 0 fully saturated rings. The van der Waals surface area contributed by atoms with Gasteiger partial charge in [-0.25, -0.2) is 18.8 Å². The molecule has 3 aromatic rings.